The molecule has 1 aliphatic heterocycles. The SMILES string of the molecule is CC(C)c1cc(C(=O)N2CCC[C@@H](c3ccnc(=O)[nH]3)C2)cs1. The van der Waals surface area contributed by atoms with E-state index < -0.39 is 0 Å². The number of hydrogen-bond acceptors (Lipinski definition) is 4. The molecule has 2 aromatic rings. The molecule has 0 saturated carbocycles. The lowest BCUT2D eigenvalue weighted by Gasteiger charge is -2.32. The third-order valence-corrected chi connectivity index (χ3v) is 5.51. The van der Waals surface area contributed by atoms with Crippen molar-refractivity contribution in [2.24, 2.45) is 0 Å². The van der Waals surface area contributed by atoms with E-state index >= 15 is 0 Å². The third-order valence-electron chi connectivity index (χ3n) is 4.28. The molecule has 23 heavy (non-hydrogen) atoms. The Morgan fingerprint density at radius 3 is 3.00 bits per heavy atom. The molecule has 0 aliphatic carbocycles. The smallest absolute Gasteiger partial charge is 0.338 e. The molecule has 0 aromatic carbocycles. The summed E-state index contributed by atoms with van der Waals surface area (Å²) < 4.78 is 0. The number of nitrogens with one attached hydrogen (secondary N) is 1. The first-order valence-corrected chi connectivity index (χ1v) is 8.85. The van der Waals surface area contributed by atoms with E-state index in [0.717, 1.165) is 30.6 Å². The molecule has 1 amide bonds. The van der Waals surface area contributed by atoms with Gasteiger partial charge in [-0.1, -0.05) is 13.8 Å². The first kappa shape index (κ1) is 15.9. The highest BCUT2D eigenvalue weighted by Gasteiger charge is 2.26. The normalized spacial score (nSPS) is 18.4. The molecule has 5 nitrogen and oxygen atoms in total. The van der Waals surface area contributed by atoms with Crippen molar-refractivity contribution in [2.45, 2.75) is 38.5 Å². The molecule has 0 spiro atoms. The number of likely N-dealkylation sites (tertiary alicyclic amines) is 1. The number of piperidine rings is 1. The number of aromatic nitrogens is 2. The fourth-order valence-corrected chi connectivity index (χ4v) is 3.89. The summed E-state index contributed by atoms with van der Waals surface area (Å²) in [7, 11) is 0. The van der Waals surface area contributed by atoms with Crippen LogP contribution in [0, 0.1) is 0 Å². The Hall–Kier alpha value is -1.95. The molecule has 3 rings (SSSR count). The van der Waals surface area contributed by atoms with Crippen LogP contribution >= 0.6 is 11.3 Å². The second-order valence-corrected chi connectivity index (χ2v) is 7.26. The molecular formula is C17H21N3O2S. The number of H-pyrrole nitrogens is 1. The Labute approximate surface area is 139 Å². The zero-order valence-electron chi connectivity index (χ0n) is 13.4. The molecule has 6 heteroatoms. The molecule has 1 fully saturated rings. The fraction of sp³-hybridized carbons (Fsp3) is 0.471. The van der Waals surface area contributed by atoms with Gasteiger partial charge in [0, 0.05) is 41.2 Å². The quantitative estimate of drug-likeness (QED) is 0.940. The largest absolute Gasteiger partial charge is 0.345 e. The minimum absolute atomic E-state index is 0.0919. The van der Waals surface area contributed by atoms with Crippen molar-refractivity contribution in [3.63, 3.8) is 0 Å². The maximum atomic E-state index is 12.7. The highest BCUT2D eigenvalue weighted by atomic mass is 32.1. The van der Waals surface area contributed by atoms with Crippen LogP contribution in [0.25, 0.3) is 0 Å². The van der Waals surface area contributed by atoms with Crippen molar-refractivity contribution in [1.82, 2.24) is 14.9 Å². The maximum Gasteiger partial charge on any atom is 0.345 e. The Morgan fingerprint density at radius 1 is 1.48 bits per heavy atom. The molecule has 0 unspecified atom stereocenters. The number of nitrogens with zero attached hydrogens (tertiary/aromatic N) is 2. The van der Waals surface area contributed by atoms with Gasteiger partial charge >= 0.3 is 5.69 Å². The molecule has 0 bridgehead atoms. The van der Waals surface area contributed by atoms with Crippen molar-refractivity contribution in [3.05, 3.63) is 50.3 Å². The van der Waals surface area contributed by atoms with Crippen LogP contribution in [0.2, 0.25) is 0 Å². The van der Waals surface area contributed by atoms with Gasteiger partial charge in [-0.15, -0.1) is 11.3 Å². The van der Waals surface area contributed by atoms with Crippen molar-refractivity contribution >= 4 is 17.2 Å². The van der Waals surface area contributed by atoms with E-state index in [2.05, 4.69) is 23.8 Å². The van der Waals surface area contributed by atoms with E-state index in [1.807, 2.05) is 22.4 Å². The third kappa shape index (κ3) is 3.52. The standard InChI is InChI=1S/C17H21N3O2S/c1-11(2)15-8-13(10-23-15)16(21)20-7-3-4-12(9-20)14-5-6-18-17(22)19-14/h5-6,8,10-12H,3-4,7,9H2,1-2H3,(H,18,19,22)/t12-/m1/s1. The number of hydrogen-bond donors (Lipinski definition) is 1. The van der Waals surface area contributed by atoms with Gasteiger partial charge < -0.3 is 9.88 Å². The first-order chi connectivity index (χ1) is 11.0. The van der Waals surface area contributed by atoms with Crippen molar-refractivity contribution < 1.29 is 4.79 Å². The van der Waals surface area contributed by atoms with Gasteiger partial charge in [0.05, 0.1) is 5.56 Å². The highest BCUT2D eigenvalue weighted by Crippen LogP contribution is 2.28. The minimum atomic E-state index is -0.328. The van der Waals surface area contributed by atoms with Crippen LogP contribution in [0.15, 0.2) is 28.5 Å². The molecule has 1 atom stereocenters. The lowest BCUT2D eigenvalue weighted by Crippen LogP contribution is -2.39. The van der Waals surface area contributed by atoms with Gasteiger partial charge in [0.15, 0.2) is 0 Å². The Balaban J connectivity index is 1.75. The molecule has 122 valence electrons. The van der Waals surface area contributed by atoms with E-state index in [4.69, 9.17) is 0 Å². The second-order valence-electron chi connectivity index (χ2n) is 6.31. The van der Waals surface area contributed by atoms with Crippen LogP contribution in [0.3, 0.4) is 0 Å². The van der Waals surface area contributed by atoms with E-state index in [-0.39, 0.29) is 17.5 Å². The molecule has 0 radical (unpaired) electrons. The predicted octanol–water partition coefficient (Wildman–Crippen LogP) is 2.97. The van der Waals surface area contributed by atoms with Gasteiger partial charge in [-0.05, 0) is 30.9 Å². The number of amides is 1. The predicted molar refractivity (Wildman–Crippen MR) is 91.1 cm³/mol. The maximum absolute atomic E-state index is 12.7. The van der Waals surface area contributed by atoms with E-state index in [1.54, 1.807) is 11.3 Å². The summed E-state index contributed by atoms with van der Waals surface area (Å²) in [4.78, 5) is 33.7. The summed E-state index contributed by atoms with van der Waals surface area (Å²) in [6.45, 7) is 5.69. The van der Waals surface area contributed by atoms with Gasteiger partial charge in [0.25, 0.3) is 5.91 Å². The number of thiophene rings is 1. The van der Waals surface area contributed by atoms with E-state index in [0.29, 0.717) is 12.5 Å². The first-order valence-electron chi connectivity index (χ1n) is 7.97. The molecule has 1 aliphatic rings. The zero-order valence-corrected chi connectivity index (χ0v) is 14.2. The monoisotopic (exact) mass is 331 g/mol. The lowest BCUT2D eigenvalue weighted by molar-refractivity contribution is 0.0706. The molecule has 3 heterocycles. The van der Waals surface area contributed by atoms with E-state index in [1.165, 1.54) is 11.1 Å². The second kappa shape index (κ2) is 6.66. The molecule has 2 aromatic heterocycles. The van der Waals surface area contributed by atoms with Gasteiger partial charge in [-0.2, -0.15) is 0 Å². The number of carbonyl (C=O) groups excluding carboxylic acids is 1. The summed E-state index contributed by atoms with van der Waals surface area (Å²) in [5.41, 5.74) is 1.32. The summed E-state index contributed by atoms with van der Waals surface area (Å²) in [6.07, 6.45) is 3.45. The van der Waals surface area contributed by atoms with Crippen LogP contribution in [0.1, 0.15) is 59.5 Å². The van der Waals surface area contributed by atoms with Crippen LogP contribution in [0.4, 0.5) is 0 Å². The minimum Gasteiger partial charge on any atom is -0.338 e. The van der Waals surface area contributed by atoms with Crippen LogP contribution in [0.5, 0.6) is 0 Å². The number of rotatable bonds is 3. The Morgan fingerprint density at radius 2 is 2.30 bits per heavy atom. The van der Waals surface area contributed by atoms with Gasteiger partial charge in [0.1, 0.15) is 0 Å². The highest BCUT2D eigenvalue weighted by molar-refractivity contribution is 7.10. The van der Waals surface area contributed by atoms with Crippen molar-refractivity contribution in [1.29, 1.82) is 0 Å². The number of aromatic amines is 1. The van der Waals surface area contributed by atoms with Crippen molar-refractivity contribution in [2.75, 3.05) is 13.1 Å². The van der Waals surface area contributed by atoms with Crippen LogP contribution in [-0.2, 0) is 0 Å². The van der Waals surface area contributed by atoms with Crippen molar-refractivity contribution in [3.8, 4) is 0 Å². The summed E-state index contributed by atoms with van der Waals surface area (Å²) in [6, 6.07) is 3.84. The average molecular weight is 331 g/mol. The van der Waals surface area contributed by atoms with Crippen LogP contribution < -0.4 is 5.69 Å². The molecule has 1 N–H and O–H groups in total. The summed E-state index contributed by atoms with van der Waals surface area (Å²) in [5.74, 6) is 0.707. The fourth-order valence-electron chi connectivity index (χ4n) is 2.99. The molecular weight excluding hydrogens is 310 g/mol. The van der Waals surface area contributed by atoms with E-state index in [9.17, 15) is 9.59 Å². The number of carbonyl (C=O) groups is 1. The Kier molecular flexibility index (Phi) is 4.61. The lowest BCUT2D eigenvalue weighted by atomic mass is 9.94. The summed E-state index contributed by atoms with van der Waals surface area (Å²) in [5, 5.41) is 1.95. The topological polar surface area (TPSA) is 66.1 Å². The molecule has 1 saturated heterocycles. The summed E-state index contributed by atoms with van der Waals surface area (Å²) >= 11 is 1.65. The van der Waals surface area contributed by atoms with Gasteiger partial charge in [0.2, 0.25) is 0 Å². The zero-order chi connectivity index (χ0) is 16.4. The average Bonchev–Trinajstić information content (AvgIpc) is 3.04. The van der Waals surface area contributed by atoms with Gasteiger partial charge in [-0.25, -0.2) is 9.78 Å². The van der Waals surface area contributed by atoms with Crippen LogP contribution in [-0.4, -0.2) is 33.9 Å². The van der Waals surface area contributed by atoms with Gasteiger partial charge in [-0.3, -0.25) is 4.79 Å². The Bertz CT molecular complexity index is 750.